The van der Waals surface area contributed by atoms with Crippen LogP contribution in [-0.2, 0) is 0 Å². The lowest BCUT2D eigenvalue weighted by molar-refractivity contribution is 0.151. The summed E-state index contributed by atoms with van der Waals surface area (Å²) in [5.74, 6) is -0.0260. The monoisotopic (exact) mass is 173 g/mol. The number of anilines is 1. The molecule has 0 fully saturated rings. The maximum atomic E-state index is 12.1. The molecular formula is C8H9F2NO. The lowest BCUT2D eigenvalue weighted by Gasteiger charge is -2.05. The number of halogens is 2. The molecule has 0 heterocycles. The predicted octanol–water partition coefficient (Wildman–Crippen LogP) is 2.37. The zero-order valence-corrected chi connectivity index (χ0v) is 6.51. The lowest BCUT2D eigenvalue weighted by atomic mass is 10.2. The Balaban J connectivity index is 3.05. The molecule has 0 aliphatic carbocycles. The summed E-state index contributed by atoms with van der Waals surface area (Å²) in [5, 5.41) is 11.7. The van der Waals surface area contributed by atoms with E-state index in [-0.39, 0.29) is 11.3 Å². The van der Waals surface area contributed by atoms with Crippen LogP contribution in [0.4, 0.5) is 14.5 Å². The smallest absolute Gasteiger partial charge is 0.263 e. The maximum Gasteiger partial charge on any atom is 0.263 e. The van der Waals surface area contributed by atoms with E-state index in [1.165, 1.54) is 18.2 Å². The van der Waals surface area contributed by atoms with Crippen LogP contribution >= 0.6 is 0 Å². The molecule has 0 aliphatic heterocycles. The second kappa shape index (κ2) is 3.38. The standard InChI is InChI=1S/C8H9F2NO/c1-11-6-4-5(8(9)10)2-3-7(6)12/h2-4,8,11-12H,1H3. The van der Waals surface area contributed by atoms with Crippen molar-refractivity contribution in [3.8, 4) is 5.75 Å². The van der Waals surface area contributed by atoms with E-state index in [1.807, 2.05) is 0 Å². The van der Waals surface area contributed by atoms with Gasteiger partial charge in [0.25, 0.3) is 6.43 Å². The van der Waals surface area contributed by atoms with Crippen molar-refractivity contribution in [2.45, 2.75) is 6.43 Å². The molecule has 0 unspecified atom stereocenters. The van der Waals surface area contributed by atoms with Crippen LogP contribution < -0.4 is 5.32 Å². The first-order valence-corrected chi connectivity index (χ1v) is 3.44. The molecule has 0 saturated carbocycles. The van der Waals surface area contributed by atoms with Crippen LogP contribution in [0.3, 0.4) is 0 Å². The Labute approximate surface area is 68.8 Å². The average Bonchev–Trinajstić information content (AvgIpc) is 2.05. The highest BCUT2D eigenvalue weighted by Gasteiger charge is 2.08. The lowest BCUT2D eigenvalue weighted by Crippen LogP contribution is -1.91. The number of aromatic hydroxyl groups is 1. The van der Waals surface area contributed by atoms with Crippen LogP contribution in [0.2, 0.25) is 0 Å². The topological polar surface area (TPSA) is 32.3 Å². The van der Waals surface area contributed by atoms with Gasteiger partial charge in [-0.05, 0) is 18.2 Å². The molecule has 0 aromatic heterocycles. The number of hydrogen-bond donors (Lipinski definition) is 2. The van der Waals surface area contributed by atoms with E-state index in [4.69, 9.17) is 5.11 Å². The summed E-state index contributed by atoms with van der Waals surface area (Å²) < 4.78 is 24.2. The van der Waals surface area contributed by atoms with Gasteiger partial charge in [0.15, 0.2) is 0 Å². The molecule has 2 N–H and O–H groups in total. The molecule has 1 aromatic rings. The highest BCUT2D eigenvalue weighted by Crippen LogP contribution is 2.28. The number of alkyl halides is 2. The summed E-state index contributed by atoms with van der Waals surface area (Å²) in [5.41, 5.74) is 0.213. The van der Waals surface area contributed by atoms with Crippen LogP contribution in [0.25, 0.3) is 0 Å². The number of rotatable bonds is 2. The number of benzene rings is 1. The van der Waals surface area contributed by atoms with Crippen molar-refractivity contribution in [3.05, 3.63) is 23.8 Å². The summed E-state index contributed by atoms with van der Waals surface area (Å²) in [6.45, 7) is 0. The number of phenols is 1. The van der Waals surface area contributed by atoms with Gasteiger partial charge in [0.2, 0.25) is 0 Å². The average molecular weight is 173 g/mol. The fraction of sp³-hybridized carbons (Fsp3) is 0.250. The summed E-state index contributed by atoms with van der Waals surface area (Å²) in [6.07, 6.45) is -2.50. The minimum absolute atomic E-state index is 0.0260. The summed E-state index contributed by atoms with van der Waals surface area (Å²) >= 11 is 0. The van der Waals surface area contributed by atoms with Gasteiger partial charge in [0.05, 0.1) is 5.69 Å². The second-order valence-corrected chi connectivity index (χ2v) is 2.33. The fourth-order valence-corrected chi connectivity index (χ4v) is 0.890. The molecule has 0 atom stereocenters. The van der Waals surface area contributed by atoms with E-state index in [1.54, 1.807) is 7.05 Å². The van der Waals surface area contributed by atoms with Crippen molar-refractivity contribution in [3.63, 3.8) is 0 Å². The van der Waals surface area contributed by atoms with Gasteiger partial charge in [-0.15, -0.1) is 0 Å². The van der Waals surface area contributed by atoms with Gasteiger partial charge in [-0.3, -0.25) is 0 Å². The molecule has 2 nitrogen and oxygen atoms in total. The summed E-state index contributed by atoms with van der Waals surface area (Å²) in [4.78, 5) is 0. The van der Waals surface area contributed by atoms with Crippen LogP contribution in [0.15, 0.2) is 18.2 Å². The molecule has 1 aromatic carbocycles. The third-order valence-electron chi connectivity index (χ3n) is 1.54. The predicted molar refractivity (Wildman–Crippen MR) is 42.6 cm³/mol. The Morgan fingerprint density at radius 2 is 2.08 bits per heavy atom. The van der Waals surface area contributed by atoms with Crippen molar-refractivity contribution < 1.29 is 13.9 Å². The third kappa shape index (κ3) is 1.64. The van der Waals surface area contributed by atoms with Gasteiger partial charge in [-0.2, -0.15) is 0 Å². The number of hydrogen-bond acceptors (Lipinski definition) is 2. The van der Waals surface area contributed by atoms with Crippen molar-refractivity contribution in [2.75, 3.05) is 12.4 Å². The molecule has 0 radical (unpaired) electrons. The Bertz CT molecular complexity index is 276. The first kappa shape index (κ1) is 8.77. The van der Waals surface area contributed by atoms with Gasteiger partial charge < -0.3 is 10.4 Å². The van der Waals surface area contributed by atoms with E-state index in [2.05, 4.69) is 5.32 Å². The normalized spacial score (nSPS) is 10.3. The van der Waals surface area contributed by atoms with Crippen LogP contribution in [0.5, 0.6) is 5.75 Å². The minimum atomic E-state index is -2.50. The number of nitrogens with one attached hydrogen (secondary N) is 1. The molecule has 1 rings (SSSR count). The SMILES string of the molecule is CNc1cc(C(F)F)ccc1O. The van der Waals surface area contributed by atoms with Crippen molar-refractivity contribution in [2.24, 2.45) is 0 Å². The largest absolute Gasteiger partial charge is 0.506 e. The summed E-state index contributed by atoms with van der Waals surface area (Å²) in [7, 11) is 1.56. The molecule has 4 heteroatoms. The summed E-state index contributed by atoms with van der Waals surface area (Å²) in [6, 6.07) is 3.66. The maximum absolute atomic E-state index is 12.1. The van der Waals surface area contributed by atoms with Gasteiger partial charge in [0, 0.05) is 12.6 Å². The van der Waals surface area contributed by atoms with E-state index in [9.17, 15) is 8.78 Å². The molecule has 12 heavy (non-hydrogen) atoms. The Hall–Kier alpha value is -1.32. The zero-order valence-electron chi connectivity index (χ0n) is 6.51. The highest BCUT2D eigenvalue weighted by molar-refractivity contribution is 5.56. The van der Waals surface area contributed by atoms with Crippen LogP contribution in [-0.4, -0.2) is 12.2 Å². The third-order valence-corrected chi connectivity index (χ3v) is 1.54. The van der Waals surface area contributed by atoms with Crippen molar-refractivity contribution >= 4 is 5.69 Å². The Morgan fingerprint density at radius 1 is 1.42 bits per heavy atom. The van der Waals surface area contributed by atoms with Gasteiger partial charge in [0.1, 0.15) is 5.75 Å². The van der Waals surface area contributed by atoms with Crippen molar-refractivity contribution in [1.82, 2.24) is 0 Å². The van der Waals surface area contributed by atoms with Gasteiger partial charge >= 0.3 is 0 Å². The zero-order chi connectivity index (χ0) is 9.14. The Morgan fingerprint density at radius 3 is 2.58 bits per heavy atom. The first-order chi connectivity index (χ1) is 5.65. The molecule has 0 amide bonds. The van der Waals surface area contributed by atoms with E-state index in [0.29, 0.717) is 5.69 Å². The van der Waals surface area contributed by atoms with Crippen LogP contribution in [0.1, 0.15) is 12.0 Å². The van der Waals surface area contributed by atoms with Crippen LogP contribution in [0, 0.1) is 0 Å². The molecule has 0 bridgehead atoms. The number of phenolic OH excluding ortho intramolecular Hbond substituents is 1. The molecule has 0 aliphatic rings. The van der Waals surface area contributed by atoms with E-state index >= 15 is 0 Å². The van der Waals surface area contributed by atoms with E-state index in [0.717, 1.165) is 0 Å². The van der Waals surface area contributed by atoms with Gasteiger partial charge in [-0.25, -0.2) is 8.78 Å². The molecule has 0 spiro atoms. The Kier molecular flexibility index (Phi) is 2.47. The minimum Gasteiger partial charge on any atom is -0.506 e. The van der Waals surface area contributed by atoms with Gasteiger partial charge in [-0.1, -0.05) is 0 Å². The van der Waals surface area contributed by atoms with Crippen molar-refractivity contribution in [1.29, 1.82) is 0 Å². The molecule has 0 saturated heterocycles. The van der Waals surface area contributed by atoms with E-state index < -0.39 is 6.43 Å². The fourth-order valence-electron chi connectivity index (χ4n) is 0.890. The second-order valence-electron chi connectivity index (χ2n) is 2.33. The highest BCUT2D eigenvalue weighted by atomic mass is 19.3. The first-order valence-electron chi connectivity index (χ1n) is 3.44. The molecular weight excluding hydrogens is 164 g/mol. The quantitative estimate of drug-likeness (QED) is 0.673. The molecule has 66 valence electrons.